The minimum absolute atomic E-state index is 0.269. The number of hydrogen-bond acceptors (Lipinski definition) is 8. The first-order chi connectivity index (χ1) is 19.3. The third-order valence-corrected chi connectivity index (χ3v) is 8.97. The summed E-state index contributed by atoms with van der Waals surface area (Å²) in [6, 6.07) is 16.1. The fourth-order valence-corrected chi connectivity index (χ4v) is 6.97. The maximum absolute atomic E-state index is 14.0. The minimum Gasteiger partial charge on any atom is -0.501 e. The average Bonchev–Trinajstić information content (AvgIpc) is 3.27. The molecule has 1 atom stereocenters. The summed E-state index contributed by atoms with van der Waals surface area (Å²) in [5.41, 5.74) is 4.63. The molecule has 0 spiro atoms. The number of methoxy groups -OCH3 is 2. The van der Waals surface area contributed by atoms with Gasteiger partial charge >= 0.3 is 5.69 Å². The summed E-state index contributed by atoms with van der Waals surface area (Å²) in [4.78, 5) is 30.4. The van der Waals surface area contributed by atoms with Crippen molar-refractivity contribution in [1.82, 2.24) is 4.57 Å². The second-order valence-electron chi connectivity index (χ2n) is 9.35. The SMILES string of the molecule is COc1ccc(OC)c(C2C3=C(N=c4sc(=Cc5cc(I)c(O)c([N+](=O)[O-])c5)c(=O)n42)c2ccccc2CC3)c1. The molecule has 202 valence electrons. The lowest BCUT2D eigenvalue weighted by Crippen LogP contribution is -2.39. The van der Waals surface area contributed by atoms with Gasteiger partial charge in [0, 0.05) is 17.2 Å². The normalized spacial score (nSPS) is 16.1. The number of nitro benzene ring substituents is 1. The summed E-state index contributed by atoms with van der Waals surface area (Å²) in [6.07, 6.45) is 3.13. The van der Waals surface area contributed by atoms with E-state index in [1.54, 1.807) is 30.9 Å². The monoisotopic (exact) mass is 667 g/mol. The van der Waals surface area contributed by atoms with Gasteiger partial charge in [0.15, 0.2) is 4.80 Å². The zero-order chi connectivity index (χ0) is 28.1. The highest BCUT2D eigenvalue weighted by Gasteiger charge is 2.34. The number of aryl methyl sites for hydroxylation is 1. The molecule has 1 aromatic heterocycles. The quantitative estimate of drug-likeness (QED) is 0.190. The number of allylic oxidation sites excluding steroid dienone is 1. The molecule has 9 nitrogen and oxygen atoms in total. The highest BCUT2D eigenvalue weighted by Crippen LogP contribution is 2.44. The van der Waals surface area contributed by atoms with E-state index in [-0.39, 0.29) is 5.56 Å². The predicted molar refractivity (Wildman–Crippen MR) is 160 cm³/mol. The molecule has 0 saturated carbocycles. The molecule has 2 heterocycles. The highest BCUT2D eigenvalue weighted by molar-refractivity contribution is 14.1. The maximum atomic E-state index is 14.0. The molecule has 40 heavy (non-hydrogen) atoms. The molecule has 6 rings (SSSR count). The van der Waals surface area contributed by atoms with E-state index < -0.39 is 22.4 Å². The number of phenols is 1. The van der Waals surface area contributed by atoms with Crippen molar-refractivity contribution >= 4 is 51.4 Å². The molecule has 11 heteroatoms. The van der Waals surface area contributed by atoms with Crippen LogP contribution >= 0.6 is 33.9 Å². The fraction of sp³-hybridized carbons (Fsp3) is 0.172. The summed E-state index contributed by atoms with van der Waals surface area (Å²) < 4.78 is 13.6. The number of rotatable bonds is 5. The smallest absolute Gasteiger partial charge is 0.312 e. The number of fused-ring (bicyclic) bond motifs is 3. The first-order valence-corrected chi connectivity index (χ1v) is 14.2. The summed E-state index contributed by atoms with van der Waals surface area (Å²) in [6.45, 7) is 0. The van der Waals surface area contributed by atoms with Crippen molar-refractivity contribution in [3.63, 3.8) is 0 Å². The molecule has 0 bridgehead atoms. The Hall–Kier alpha value is -3.97. The second-order valence-corrected chi connectivity index (χ2v) is 11.5. The molecule has 3 aromatic carbocycles. The molecular formula is C29H22IN3O6S. The van der Waals surface area contributed by atoms with Crippen molar-refractivity contribution in [3.8, 4) is 17.2 Å². The lowest BCUT2D eigenvalue weighted by atomic mass is 9.83. The molecule has 1 aliphatic carbocycles. The van der Waals surface area contributed by atoms with Crippen molar-refractivity contribution < 1.29 is 19.5 Å². The molecule has 0 radical (unpaired) electrons. The van der Waals surface area contributed by atoms with Crippen molar-refractivity contribution in [1.29, 1.82) is 0 Å². The van der Waals surface area contributed by atoms with Gasteiger partial charge in [0.2, 0.25) is 5.75 Å². The number of nitrogens with zero attached hydrogens (tertiary/aromatic N) is 3. The Balaban J connectivity index is 1.64. The van der Waals surface area contributed by atoms with Gasteiger partial charge in [-0.15, -0.1) is 0 Å². The van der Waals surface area contributed by atoms with E-state index in [0.717, 1.165) is 28.8 Å². The third kappa shape index (κ3) is 4.29. The molecular weight excluding hydrogens is 645 g/mol. The summed E-state index contributed by atoms with van der Waals surface area (Å²) in [5, 5.41) is 21.6. The van der Waals surface area contributed by atoms with Gasteiger partial charge in [-0.2, -0.15) is 0 Å². The summed E-state index contributed by atoms with van der Waals surface area (Å²) >= 11 is 3.06. The fourth-order valence-electron chi connectivity index (χ4n) is 5.33. The molecule has 0 fully saturated rings. The van der Waals surface area contributed by atoms with Crippen LogP contribution in [0.25, 0.3) is 11.8 Å². The van der Waals surface area contributed by atoms with E-state index >= 15 is 0 Å². The Labute approximate surface area is 245 Å². The number of aromatic nitrogens is 1. The van der Waals surface area contributed by atoms with Crippen LogP contribution in [0.15, 0.2) is 70.0 Å². The molecule has 1 aliphatic heterocycles. The highest BCUT2D eigenvalue weighted by atomic mass is 127. The molecule has 0 saturated heterocycles. The van der Waals surface area contributed by atoms with Crippen molar-refractivity contribution in [3.05, 3.63) is 116 Å². The van der Waals surface area contributed by atoms with Crippen LogP contribution in [0.1, 0.15) is 34.7 Å². The van der Waals surface area contributed by atoms with Crippen LogP contribution in [0.4, 0.5) is 5.69 Å². The number of thiazole rings is 1. The Morgan fingerprint density at radius 3 is 2.70 bits per heavy atom. The number of hydrogen-bond donors (Lipinski definition) is 1. The third-order valence-electron chi connectivity index (χ3n) is 7.16. The van der Waals surface area contributed by atoms with Gasteiger partial charge in [-0.3, -0.25) is 19.5 Å². The minimum atomic E-state index is -0.642. The van der Waals surface area contributed by atoms with Crippen LogP contribution in [0.2, 0.25) is 0 Å². The zero-order valence-electron chi connectivity index (χ0n) is 21.4. The molecule has 1 unspecified atom stereocenters. The van der Waals surface area contributed by atoms with Gasteiger partial charge in [-0.05, 0) is 82.5 Å². The Morgan fingerprint density at radius 2 is 1.95 bits per heavy atom. The number of nitro groups is 1. The van der Waals surface area contributed by atoms with Crippen LogP contribution in [-0.4, -0.2) is 28.8 Å². The largest absolute Gasteiger partial charge is 0.501 e. The molecule has 0 amide bonds. The summed E-state index contributed by atoms with van der Waals surface area (Å²) in [7, 11) is 3.19. The van der Waals surface area contributed by atoms with E-state index in [0.29, 0.717) is 36.4 Å². The Kier molecular flexibility index (Phi) is 6.70. The predicted octanol–water partition coefficient (Wildman–Crippen LogP) is 4.55. The van der Waals surface area contributed by atoms with Gasteiger partial charge in [0.05, 0.1) is 39.0 Å². The van der Waals surface area contributed by atoms with Gasteiger partial charge < -0.3 is 14.6 Å². The molecule has 2 aliphatic rings. The number of halogens is 1. The lowest BCUT2D eigenvalue weighted by Gasteiger charge is -2.31. The van der Waals surface area contributed by atoms with Gasteiger partial charge in [0.1, 0.15) is 11.5 Å². The van der Waals surface area contributed by atoms with Crippen LogP contribution in [0.5, 0.6) is 17.2 Å². The molecule has 4 aromatic rings. The van der Waals surface area contributed by atoms with Crippen LogP contribution in [0.3, 0.4) is 0 Å². The van der Waals surface area contributed by atoms with Crippen molar-refractivity contribution in [2.24, 2.45) is 4.99 Å². The van der Waals surface area contributed by atoms with E-state index in [4.69, 9.17) is 14.5 Å². The second kappa shape index (κ2) is 10.2. The Bertz CT molecular complexity index is 1930. The number of aromatic hydroxyl groups is 1. The first kappa shape index (κ1) is 26.3. The maximum Gasteiger partial charge on any atom is 0.312 e. The summed E-state index contributed by atoms with van der Waals surface area (Å²) in [5.74, 6) is 0.858. The lowest BCUT2D eigenvalue weighted by molar-refractivity contribution is -0.386. The van der Waals surface area contributed by atoms with Crippen molar-refractivity contribution in [2.45, 2.75) is 18.9 Å². The van der Waals surface area contributed by atoms with Crippen molar-refractivity contribution in [2.75, 3.05) is 14.2 Å². The average molecular weight is 667 g/mol. The molecule has 1 N–H and O–H groups in total. The van der Waals surface area contributed by atoms with Crippen LogP contribution in [-0.2, 0) is 6.42 Å². The van der Waals surface area contributed by atoms with E-state index in [9.17, 15) is 20.0 Å². The van der Waals surface area contributed by atoms with E-state index in [1.807, 2.05) is 52.9 Å². The van der Waals surface area contributed by atoms with Gasteiger partial charge in [0.25, 0.3) is 5.56 Å². The van der Waals surface area contributed by atoms with Gasteiger partial charge in [-0.1, -0.05) is 35.6 Å². The van der Waals surface area contributed by atoms with E-state index in [2.05, 4.69) is 12.1 Å². The number of phenolic OH excluding ortho intramolecular Hbond substituents is 1. The number of ether oxygens (including phenoxy) is 2. The Morgan fingerprint density at radius 1 is 1.15 bits per heavy atom. The first-order valence-electron chi connectivity index (χ1n) is 12.3. The number of benzene rings is 3. The van der Waals surface area contributed by atoms with Crippen LogP contribution < -0.4 is 24.4 Å². The van der Waals surface area contributed by atoms with Crippen LogP contribution in [0, 0.1) is 13.7 Å². The standard InChI is InChI=1S/C29H22IN3O6S/c1-38-17-8-10-23(39-2)20(14-17)26-19-9-7-16-5-3-4-6-18(16)25(19)31-29-32(26)28(35)24(40-29)13-15-11-21(30)27(34)22(12-15)33(36)37/h3-6,8,10-14,26,34H,7,9H2,1-2H3. The zero-order valence-corrected chi connectivity index (χ0v) is 24.4. The topological polar surface area (TPSA) is 116 Å². The van der Waals surface area contributed by atoms with E-state index in [1.165, 1.54) is 23.0 Å². The van der Waals surface area contributed by atoms with Gasteiger partial charge in [-0.25, -0.2) is 4.99 Å².